The van der Waals surface area contributed by atoms with Crippen molar-refractivity contribution in [3.05, 3.63) is 39.8 Å². The van der Waals surface area contributed by atoms with Crippen LogP contribution in [0, 0.1) is 0 Å². The zero-order chi connectivity index (χ0) is 12.3. The third-order valence-electron chi connectivity index (χ3n) is 2.55. The third kappa shape index (κ3) is 4.34. The van der Waals surface area contributed by atoms with Crippen LogP contribution < -0.4 is 10.1 Å². The van der Waals surface area contributed by atoms with Gasteiger partial charge in [-0.3, -0.25) is 0 Å². The Morgan fingerprint density at radius 3 is 2.88 bits per heavy atom. The monoisotopic (exact) mass is 315 g/mol. The van der Waals surface area contributed by atoms with Gasteiger partial charge in [-0.25, -0.2) is 0 Å². The Morgan fingerprint density at radius 2 is 2.29 bits per heavy atom. The third-order valence-corrected chi connectivity index (χ3v) is 3.08. The first-order chi connectivity index (χ1) is 8.15. The SMILES string of the molecule is C=C(Br)COc1ccc(CNC2CC2)cc1Cl. The highest BCUT2D eigenvalue weighted by Crippen LogP contribution is 2.27. The molecule has 0 amide bonds. The Kier molecular flexibility index (Phi) is 4.48. The molecule has 2 nitrogen and oxygen atoms in total. The average Bonchev–Trinajstić information content (AvgIpc) is 3.08. The van der Waals surface area contributed by atoms with Crippen LogP contribution in [0.4, 0.5) is 0 Å². The molecule has 0 saturated heterocycles. The van der Waals surface area contributed by atoms with Crippen molar-refractivity contribution in [2.45, 2.75) is 25.4 Å². The van der Waals surface area contributed by atoms with Crippen LogP contribution in [0.3, 0.4) is 0 Å². The van der Waals surface area contributed by atoms with Crippen molar-refractivity contribution in [3.8, 4) is 5.75 Å². The first-order valence-corrected chi connectivity index (χ1v) is 6.80. The molecule has 0 radical (unpaired) electrons. The summed E-state index contributed by atoms with van der Waals surface area (Å²) in [5.74, 6) is 0.697. The number of hydrogen-bond donors (Lipinski definition) is 1. The summed E-state index contributed by atoms with van der Waals surface area (Å²) in [6.07, 6.45) is 2.59. The van der Waals surface area contributed by atoms with Crippen LogP contribution in [0.5, 0.6) is 5.75 Å². The molecule has 0 atom stereocenters. The van der Waals surface area contributed by atoms with E-state index in [9.17, 15) is 0 Å². The Labute approximate surface area is 115 Å². The van der Waals surface area contributed by atoms with E-state index in [-0.39, 0.29) is 0 Å². The number of hydrogen-bond acceptors (Lipinski definition) is 2. The standard InChI is InChI=1S/C13H15BrClNO/c1-9(14)8-17-13-5-2-10(6-12(13)15)7-16-11-3-4-11/h2,5-6,11,16H,1,3-4,7-8H2. The van der Waals surface area contributed by atoms with E-state index in [0.717, 1.165) is 11.0 Å². The summed E-state index contributed by atoms with van der Waals surface area (Å²) in [5, 5.41) is 4.10. The predicted molar refractivity (Wildman–Crippen MR) is 74.9 cm³/mol. The highest BCUT2D eigenvalue weighted by Gasteiger charge is 2.19. The van der Waals surface area contributed by atoms with E-state index >= 15 is 0 Å². The van der Waals surface area contributed by atoms with Gasteiger partial charge in [0, 0.05) is 17.1 Å². The van der Waals surface area contributed by atoms with Gasteiger partial charge < -0.3 is 10.1 Å². The van der Waals surface area contributed by atoms with E-state index in [0.29, 0.717) is 23.4 Å². The molecule has 0 heterocycles. The second kappa shape index (κ2) is 5.89. The van der Waals surface area contributed by atoms with E-state index in [1.54, 1.807) is 0 Å². The van der Waals surface area contributed by atoms with E-state index in [1.807, 2.05) is 18.2 Å². The minimum Gasteiger partial charge on any atom is -0.487 e. The molecule has 1 aromatic rings. The van der Waals surface area contributed by atoms with Crippen LogP contribution in [0.25, 0.3) is 0 Å². The van der Waals surface area contributed by atoms with Crippen LogP contribution in [0.15, 0.2) is 29.3 Å². The lowest BCUT2D eigenvalue weighted by Crippen LogP contribution is -2.15. The van der Waals surface area contributed by atoms with Crippen molar-refractivity contribution >= 4 is 27.5 Å². The van der Waals surface area contributed by atoms with E-state index in [2.05, 4.69) is 27.8 Å². The molecule has 1 N–H and O–H groups in total. The highest BCUT2D eigenvalue weighted by molar-refractivity contribution is 9.11. The first kappa shape index (κ1) is 12.9. The van der Waals surface area contributed by atoms with Crippen LogP contribution >= 0.6 is 27.5 Å². The molecule has 1 fully saturated rings. The number of benzene rings is 1. The largest absolute Gasteiger partial charge is 0.487 e. The summed E-state index contributed by atoms with van der Waals surface area (Å²) in [4.78, 5) is 0. The molecule has 0 bridgehead atoms. The Hall–Kier alpha value is -0.510. The molecule has 1 aliphatic rings. The van der Waals surface area contributed by atoms with E-state index in [4.69, 9.17) is 16.3 Å². The van der Waals surface area contributed by atoms with Gasteiger partial charge in [0.2, 0.25) is 0 Å². The lowest BCUT2D eigenvalue weighted by Gasteiger charge is -2.09. The van der Waals surface area contributed by atoms with Gasteiger partial charge in [0.15, 0.2) is 0 Å². The maximum Gasteiger partial charge on any atom is 0.138 e. The maximum atomic E-state index is 6.15. The van der Waals surface area contributed by atoms with Crippen LogP contribution in [-0.2, 0) is 6.54 Å². The van der Waals surface area contributed by atoms with Gasteiger partial charge >= 0.3 is 0 Å². The average molecular weight is 317 g/mol. The predicted octanol–water partition coefficient (Wildman–Crippen LogP) is 3.88. The van der Waals surface area contributed by atoms with Crippen LogP contribution in [0.1, 0.15) is 18.4 Å². The number of rotatable bonds is 6. The Bertz CT molecular complexity index is 418. The second-order valence-electron chi connectivity index (χ2n) is 4.23. The molecule has 1 aliphatic carbocycles. The molecule has 92 valence electrons. The van der Waals surface area contributed by atoms with Gasteiger partial charge in [0.25, 0.3) is 0 Å². The molecule has 1 saturated carbocycles. The van der Waals surface area contributed by atoms with Crippen molar-refractivity contribution in [2.24, 2.45) is 0 Å². The molecule has 2 rings (SSSR count). The topological polar surface area (TPSA) is 21.3 Å². The molecular formula is C13H15BrClNO. The maximum absolute atomic E-state index is 6.15. The van der Waals surface area contributed by atoms with Crippen molar-refractivity contribution in [3.63, 3.8) is 0 Å². The van der Waals surface area contributed by atoms with Crippen molar-refractivity contribution in [2.75, 3.05) is 6.61 Å². The Balaban J connectivity index is 1.92. The van der Waals surface area contributed by atoms with E-state index < -0.39 is 0 Å². The molecule has 0 unspecified atom stereocenters. The van der Waals surface area contributed by atoms with Crippen molar-refractivity contribution in [1.82, 2.24) is 5.32 Å². The summed E-state index contributed by atoms with van der Waals surface area (Å²) in [6.45, 7) is 5.01. The van der Waals surface area contributed by atoms with Gasteiger partial charge in [0.05, 0.1) is 5.02 Å². The smallest absolute Gasteiger partial charge is 0.138 e. The van der Waals surface area contributed by atoms with Gasteiger partial charge in [-0.05, 0) is 30.5 Å². The summed E-state index contributed by atoms with van der Waals surface area (Å²) in [6, 6.07) is 6.60. The lowest BCUT2D eigenvalue weighted by atomic mass is 10.2. The van der Waals surface area contributed by atoms with Crippen LogP contribution in [0.2, 0.25) is 5.02 Å². The fourth-order valence-corrected chi connectivity index (χ4v) is 1.85. The van der Waals surface area contributed by atoms with Crippen molar-refractivity contribution < 1.29 is 4.74 Å². The molecule has 0 aromatic heterocycles. The zero-order valence-electron chi connectivity index (χ0n) is 9.51. The Morgan fingerprint density at radius 1 is 1.53 bits per heavy atom. The molecule has 0 spiro atoms. The number of halogens is 2. The fraction of sp³-hybridized carbons (Fsp3) is 0.385. The fourth-order valence-electron chi connectivity index (χ4n) is 1.48. The van der Waals surface area contributed by atoms with Gasteiger partial charge in [-0.15, -0.1) is 0 Å². The summed E-state index contributed by atoms with van der Waals surface area (Å²) in [7, 11) is 0. The normalized spacial score (nSPS) is 14.7. The summed E-state index contributed by atoms with van der Waals surface area (Å²) >= 11 is 9.39. The molecular weight excluding hydrogens is 302 g/mol. The summed E-state index contributed by atoms with van der Waals surface area (Å²) < 4.78 is 6.29. The minimum absolute atomic E-state index is 0.430. The van der Waals surface area contributed by atoms with Gasteiger partial charge in [-0.2, -0.15) is 0 Å². The molecule has 17 heavy (non-hydrogen) atoms. The number of nitrogens with one attached hydrogen (secondary N) is 1. The number of ether oxygens (including phenoxy) is 1. The quantitative estimate of drug-likeness (QED) is 0.860. The molecule has 1 aromatic carbocycles. The van der Waals surface area contributed by atoms with Crippen molar-refractivity contribution in [1.29, 1.82) is 0 Å². The van der Waals surface area contributed by atoms with E-state index in [1.165, 1.54) is 18.4 Å². The molecule has 0 aliphatic heterocycles. The van der Waals surface area contributed by atoms with Gasteiger partial charge in [0.1, 0.15) is 12.4 Å². The van der Waals surface area contributed by atoms with Crippen LogP contribution in [-0.4, -0.2) is 12.6 Å². The lowest BCUT2D eigenvalue weighted by molar-refractivity contribution is 0.361. The highest BCUT2D eigenvalue weighted by atomic mass is 79.9. The molecule has 4 heteroatoms. The first-order valence-electron chi connectivity index (χ1n) is 5.63. The zero-order valence-corrected chi connectivity index (χ0v) is 11.9. The minimum atomic E-state index is 0.430. The second-order valence-corrected chi connectivity index (χ2v) is 5.75. The summed E-state index contributed by atoms with van der Waals surface area (Å²) in [5.41, 5.74) is 1.19. The van der Waals surface area contributed by atoms with Gasteiger partial charge in [-0.1, -0.05) is 40.2 Å².